The third kappa shape index (κ3) is 3.23. The minimum Gasteiger partial charge on any atom is -0.383 e. The second-order valence-electron chi connectivity index (χ2n) is 4.41. The fourth-order valence-electron chi connectivity index (χ4n) is 1.66. The van der Waals surface area contributed by atoms with Gasteiger partial charge in [-0.3, -0.25) is 0 Å². The second-order valence-corrected chi connectivity index (χ2v) is 4.41. The van der Waals surface area contributed by atoms with Crippen molar-refractivity contribution >= 4 is 5.95 Å². The first-order valence-corrected chi connectivity index (χ1v) is 5.89. The fraction of sp³-hybridized carbons (Fsp3) is 0.750. The molecule has 0 saturated heterocycles. The maximum atomic E-state index is 5.17. The van der Waals surface area contributed by atoms with E-state index in [4.69, 9.17) is 4.74 Å². The van der Waals surface area contributed by atoms with Gasteiger partial charge < -0.3 is 14.6 Å². The predicted molar refractivity (Wildman–Crippen MR) is 66.9 cm³/mol. The van der Waals surface area contributed by atoms with E-state index in [0.717, 1.165) is 18.1 Å². The molecule has 0 bridgehead atoms. The number of aryl methyl sites for hydroxylation is 1. The Morgan fingerprint density at radius 1 is 1.50 bits per heavy atom. The summed E-state index contributed by atoms with van der Waals surface area (Å²) in [6, 6.07) is 0.744. The maximum Gasteiger partial charge on any atom is 0.203 e. The highest BCUT2D eigenvalue weighted by atomic mass is 16.5. The van der Waals surface area contributed by atoms with E-state index in [2.05, 4.69) is 41.8 Å². The van der Waals surface area contributed by atoms with E-state index in [9.17, 15) is 0 Å². The molecule has 0 aliphatic rings. The van der Waals surface area contributed by atoms with E-state index in [0.29, 0.717) is 18.7 Å². The summed E-state index contributed by atoms with van der Waals surface area (Å²) in [7, 11) is 1.73. The van der Waals surface area contributed by atoms with Gasteiger partial charge >= 0.3 is 0 Å². The second kappa shape index (κ2) is 5.89. The van der Waals surface area contributed by atoms with Crippen molar-refractivity contribution in [3.63, 3.8) is 0 Å². The van der Waals surface area contributed by atoms with Crippen molar-refractivity contribution in [1.29, 1.82) is 0 Å². The number of methoxy groups -OCH3 is 1. The Bertz CT molecular complexity index is 320. The topological polar surface area (TPSA) is 39.1 Å². The fourth-order valence-corrected chi connectivity index (χ4v) is 1.66. The molecule has 1 unspecified atom stereocenters. The number of nitrogens with one attached hydrogen (secondary N) is 1. The monoisotopic (exact) mass is 225 g/mol. The van der Waals surface area contributed by atoms with E-state index >= 15 is 0 Å². The highest BCUT2D eigenvalue weighted by molar-refractivity contribution is 5.30. The Morgan fingerprint density at radius 3 is 2.69 bits per heavy atom. The molecule has 0 fully saturated rings. The van der Waals surface area contributed by atoms with Crippen LogP contribution in [0.1, 0.15) is 38.9 Å². The Labute approximate surface area is 98.0 Å². The number of anilines is 1. The molecule has 92 valence electrons. The van der Waals surface area contributed by atoms with Crippen LogP contribution < -0.4 is 5.32 Å². The Morgan fingerprint density at radius 2 is 2.19 bits per heavy atom. The van der Waals surface area contributed by atoms with Gasteiger partial charge in [-0.25, -0.2) is 4.98 Å². The number of hydrogen-bond acceptors (Lipinski definition) is 3. The molecule has 1 atom stereocenters. The van der Waals surface area contributed by atoms with Crippen molar-refractivity contribution < 1.29 is 4.74 Å². The molecule has 0 aliphatic heterocycles. The number of imidazole rings is 1. The molecule has 1 aromatic rings. The average Bonchev–Trinajstić information content (AvgIpc) is 2.59. The van der Waals surface area contributed by atoms with Gasteiger partial charge in [0.1, 0.15) is 0 Å². The molecule has 0 amide bonds. The summed E-state index contributed by atoms with van der Waals surface area (Å²) >= 11 is 0. The normalized spacial score (nSPS) is 13.1. The van der Waals surface area contributed by atoms with Crippen molar-refractivity contribution in [2.75, 3.05) is 19.0 Å². The van der Waals surface area contributed by atoms with Crippen LogP contribution in [0.15, 0.2) is 6.20 Å². The molecule has 1 N–H and O–H groups in total. The Kier molecular flexibility index (Phi) is 4.80. The smallest absolute Gasteiger partial charge is 0.203 e. The minimum absolute atomic E-state index is 0.323. The van der Waals surface area contributed by atoms with Gasteiger partial charge in [-0.2, -0.15) is 0 Å². The van der Waals surface area contributed by atoms with Crippen LogP contribution in [-0.4, -0.2) is 29.3 Å². The zero-order chi connectivity index (χ0) is 12.1. The van der Waals surface area contributed by atoms with Crippen LogP contribution in [0.5, 0.6) is 0 Å². The van der Waals surface area contributed by atoms with Crippen molar-refractivity contribution in [2.45, 2.75) is 46.2 Å². The lowest BCUT2D eigenvalue weighted by molar-refractivity contribution is 0.184. The van der Waals surface area contributed by atoms with E-state index < -0.39 is 0 Å². The van der Waals surface area contributed by atoms with Crippen molar-refractivity contribution in [2.24, 2.45) is 0 Å². The molecule has 16 heavy (non-hydrogen) atoms. The molecule has 1 aromatic heterocycles. The quantitative estimate of drug-likeness (QED) is 0.809. The third-order valence-corrected chi connectivity index (χ3v) is 2.60. The van der Waals surface area contributed by atoms with Crippen molar-refractivity contribution in [3.8, 4) is 0 Å². The summed E-state index contributed by atoms with van der Waals surface area (Å²) in [5.41, 5.74) is 1.04. The van der Waals surface area contributed by atoms with E-state index in [1.807, 2.05) is 6.92 Å². The highest BCUT2D eigenvalue weighted by Crippen LogP contribution is 2.16. The van der Waals surface area contributed by atoms with Gasteiger partial charge in [0, 0.05) is 19.3 Å². The zero-order valence-electron chi connectivity index (χ0n) is 10.9. The molecular formula is C12H23N3O. The zero-order valence-corrected chi connectivity index (χ0v) is 10.9. The first kappa shape index (κ1) is 13.0. The van der Waals surface area contributed by atoms with E-state index in [-0.39, 0.29) is 0 Å². The molecule has 0 aliphatic carbocycles. The molecule has 1 heterocycles. The minimum atomic E-state index is 0.323. The SMILES string of the molecule is CCC(COC)Nc1nc(C)cn1C(C)C. The average molecular weight is 225 g/mol. The predicted octanol–water partition coefficient (Wildman–Crippen LogP) is 2.61. The van der Waals surface area contributed by atoms with Gasteiger partial charge in [0.15, 0.2) is 0 Å². The molecule has 0 saturated carbocycles. The van der Waals surface area contributed by atoms with Gasteiger partial charge in [0.25, 0.3) is 0 Å². The number of nitrogens with zero attached hydrogens (tertiary/aromatic N) is 2. The molecule has 4 nitrogen and oxygen atoms in total. The first-order valence-electron chi connectivity index (χ1n) is 5.89. The maximum absolute atomic E-state index is 5.17. The van der Waals surface area contributed by atoms with Gasteiger partial charge in [0.2, 0.25) is 5.95 Å². The van der Waals surface area contributed by atoms with Gasteiger partial charge in [-0.15, -0.1) is 0 Å². The summed E-state index contributed by atoms with van der Waals surface area (Å²) in [4.78, 5) is 4.50. The number of rotatable bonds is 6. The Balaban J connectivity index is 2.78. The van der Waals surface area contributed by atoms with Crippen molar-refractivity contribution in [3.05, 3.63) is 11.9 Å². The van der Waals surface area contributed by atoms with Gasteiger partial charge in [-0.1, -0.05) is 6.92 Å². The van der Waals surface area contributed by atoms with Gasteiger partial charge in [-0.05, 0) is 27.2 Å². The van der Waals surface area contributed by atoms with Crippen LogP contribution in [0.25, 0.3) is 0 Å². The largest absolute Gasteiger partial charge is 0.383 e. The number of ether oxygens (including phenoxy) is 1. The number of hydrogen-bond donors (Lipinski definition) is 1. The van der Waals surface area contributed by atoms with E-state index in [1.165, 1.54) is 0 Å². The Hall–Kier alpha value is -1.03. The summed E-state index contributed by atoms with van der Waals surface area (Å²) in [5, 5.41) is 3.43. The summed E-state index contributed by atoms with van der Waals surface area (Å²) in [6.45, 7) is 9.18. The number of aromatic nitrogens is 2. The molecule has 0 aromatic carbocycles. The first-order chi connectivity index (χ1) is 7.58. The lowest BCUT2D eigenvalue weighted by Gasteiger charge is -2.19. The standard InChI is InChI=1S/C12H23N3O/c1-6-11(8-16-5)14-12-13-10(4)7-15(12)9(2)3/h7,9,11H,6,8H2,1-5H3,(H,13,14). The summed E-state index contributed by atoms with van der Waals surface area (Å²) < 4.78 is 7.34. The van der Waals surface area contributed by atoms with Crippen LogP contribution in [0, 0.1) is 6.92 Å². The lowest BCUT2D eigenvalue weighted by Crippen LogP contribution is -2.26. The van der Waals surface area contributed by atoms with Crippen LogP contribution >= 0.6 is 0 Å². The summed E-state index contributed by atoms with van der Waals surface area (Å²) in [5.74, 6) is 0.941. The molecular weight excluding hydrogens is 202 g/mol. The molecule has 0 spiro atoms. The van der Waals surface area contributed by atoms with E-state index in [1.54, 1.807) is 7.11 Å². The molecule has 0 radical (unpaired) electrons. The van der Waals surface area contributed by atoms with Gasteiger partial charge in [0.05, 0.1) is 18.3 Å². The van der Waals surface area contributed by atoms with Crippen molar-refractivity contribution in [1.82, 2.24) is 9.55 Å². The molecule has 1 rings (SSSR count). The van der Waals surface area contributed by atoms with Crippen LogP contribution in [0.2, 0.25) is 0 Å². The van der Waals surface area contributed by atoms with Crippen LogP contribution in [0.4, 0.5) is 5.95 Å². The lowest BCUT2D eigenvalue weighted by atomic mass is 10.2. The highest BCUT2D eigenvalue weighted by Gasteiger charge is 2.12. The molecule has 4 heteroatoms. The van der Waals surface area contributed by atoms with Crippen LogP contribution in [0.3, 0.4) is 0 Å². The third-order valence-electron chi connectivity index (χ3n) is 2.60. The summed E-state index contributed by atoms with van der Waals surface area (Å²) in [6.07, 6.45) is 3.10. The van der Waals surface area contributed by atoms with Crippen LogP contribution in [-0.2, 0) is 4.74 Å².